The first kappa shape index (κ1) is 10.7. The molecule has 0 aliphatic carbocycles. The first-order chi connectivity index (χ1) is 6.61. The molecule has 3 heteroatoms. The molecule has 0 fully saturated rings. The first-order valence-corrected chi connectivity index (χ1v) is 4.49. The maximum atomic E-state index is 9.18. The maximum Gasteiger partial charge on any atom is 0.0739 e. The fraction of sp³-hybridized carbons (Fsp3) is 0.364. The number of oxime groups is 1. The number of nitrogens with zero attached hydrogens (tertiary/aromatic N) is 1. The second-order valence-corrected chi connectivity index (χ2v) is 3.43. The van der Waals surface area contributed by atoms with E-state index < -0.39 is 0 Å². The number of hydrogen-bond donors (Lipinski definition) is 2. The molecule has 0 radical (unpaired) electrons. The third-order valence-corrected chi connectivity index (χ3v) is 2.54. The summed E-state index contributed by atoms with van der Waals surface area (Å²) in [5.41, 5.74) is 4.88. The Balaban J connectivity index is 3.43. The molecule has 76 valence electrons. The van der Waals surface area contributed by atoms with Gasteiger partial charge in [0.1, 0.15) is 0 Å². The summed E-state index contributed by atoms with van der Waals surface area (Å²) in [6.45, 7) is 5.86. The Morgan fingerprint density at radius 2 is 1.93 bits per heavy atom. The van der Waals surface area contributed by atoms with E-state index >= 15 is 0 Å². The van der Waals surface area contributed by atoms with Crippen LogP contribution in [-0.2, 0) is 6.61 Å². The summed E-state index contributed by atoms with van der Waals surface area (Å²) in [5, 5.41) is 20.7. The molecule has 0 spiro atoms. The molecule has 0 bridgehead atoms. The minimum Gasteiger partial charge on any atom is -0.411 e. The van der Waals surface area contributed by atoms with Crippen LogP contribution in [0.5, 0.6) is 0 Å². The SMILES string of the molecule is Cc1cc(C)c(CO)c(C)c1/C=N\O. The monoisotopic (exact) mass is 193 g/mol. The molecule has 0 aromatic heterocycles. The highest BCUT2D eigenvalue weighted by Crippen LogP contribution is 2.20. The first-order valence-electron chi connectivity index (χ1n) is 4.49. The van der Waals surface area contributed by atoms with E-state index in [4.69, 9.17) is 5.21 Å². The number of aliphatic hydroxyl groups excluding tert-OH is 1. The van der Waals surface area contributed by atoms with E-state index in [0.29, 0.717) is 0 Å². The average Bonchev–Trinajstić information content (AvgIpc) is 2.12. The summed E-state index contributed by atoms with van der Waals surface area (Å²) >= 11 is 0. The molecule has 1 aromatic rings. The standard InChI is InChI=1S/C11H15NO2/c1-7-4-8(2)11(6-13)9(3)10(7)5-12-14/h4-5,13-14H,6H2,1-3H3/b12-5-. The second kappa shape index (κ2) is 4.24. The maximum absolute atomic E-state index is 9.18. The van der Waals surface area contributed by atoms with Gasteiger partial charge in [0.25, 0.3) is 0 Å². The number of benzene rings is 1. The van der Waals surface area contributed by atoms with Gasteiger partial charge in [-0.3, -0.25) is 0 Å². The zero-order valence-corrected chi connectivity index (χ0v) is 8.70. The van der Waals surface area contributed by atoms with Crippen molar-refractivity contribution in [2.24, 2.45) is 5.16 Å². The second-order valence-electron chi connectivity index (χ2n) is 3.43. The van der Waals surface area contributed by atoms with E-state index in [0.717, 1.165) is 27.8 Å². The third kappa shape index (κ3) is 1.77. The molecule has 14 heavy (non-hydrogen) atoms. The van der Waals surface area contributed by atoms with Crippen LogP contribution in [0.2, 0.25) is 0 Å². The fourth-order valence-corrected chi connectivity index (χ4v) is 1.74. The van der Waals surface area contributed by atoms with E-state index in [1.54, 1.807) is 0 Å². The van der Waals surface area contributed by atoms with Crippen molar-refractivity contribution in [1.82, 2.24) is 0 Å². The van der Waals surface area contributed by atoms with Gasteiger partial charge >= 0.3 is 0 Å². The summed E-state index contributed by atoms with van der Waals surface area (Å²) in [6, 6.07) is 1.98. The normalized spacial score (nSPS) is 11.1. The smallest absolute Gasteiger partial charge is 0.0739 e. The predicted molar refractivity (Wildman–Crippen MR) is 56.0 cm³/mol. The lowest BCUT2D eigenvalue weighted by molar-refractivity contribution is 0.280. The van der Waals surface area contributed by atoms with Crippen LogP contribution in [0.3, 0.4) is 0 Å². The van der Waals surface area contributed by atoms with E-state index in [-0.39, 0.29) is 6.61 Å². The van der Waals surface area contributed by atoms with E-state index in [1.165, 1.54) is 6.21 Å². The molecule has 0 amide bonds. The Hall–Kier alpha value is -1.35. The Labute approximate surface area is 83.7 Å². The zero-order chi connectivity index (χ0) is 10.7. The van der Waals surface area contributed by atoms with Gasteiger partial charge in [-0.25, -0.2) is 0 Å². The van der Waals surface area contributed by atoms with Gasteiger partial charge in [0, 0.05) is 5.56 Å². The van der Waals surface area contributed by atoms with Gasteiger partial charge in [-0.05, 0) is 43.0 Å². The van der Waals surface area contributed by atoms with Gasteiger partial charge in [0.2, 0.25) is 0 Å². The van der Waals surface area contributed by atoms with E-state index in [9.17, 15) is 5.11 Å². The molecular weight excluding hydrogens is 178 g/mol. The van der Waals surface area contributed by atoms with Crippen molar-refractivity contribution in [2.45, 2.75) is 27.4 Å². The van der Waals surface area contributed by atoms with Crippen molar-refractivity contribution in [1.29, 1.82) is 0 Å². The lowest BCUT2D eigenvalue weighted by Crippen LogP contribution is -2.01. The van der Waals surface area contributed by atoms with Crippen LogP contribution in [0.1, 0.15) is 27.8 Å². The highest BCUT2D eigenvalue weighted by atomic mass is 16.4. The summed E-state index contributed by atoms with van der Waals surface area (Å²) in [5.74, 6) is 0. The molecule has 2 N–H and O–H groups in total. The predicted octanol–water partition coefficient (Wildman–Crippen LogP) is 1.91. The van der Waals surface area contributed by atoms with Crippen LogP contribution < -0.4 is 0 Å². The molecule has 1 rings (SSSR count). The van der Waals surface area contributed by atoms with Crippen LogP contribution in [0.25, 0.3) is 0 Å². The van der Waals surface area contributed by atoms with Crippen LogP contribution in [0.4, 0.5) is 0 Å². The van der Waals surface area contributed by atoms with Crippen LogP contribution in [0.15, 0.2) is 11.2 Å². The lowest BCUT2D eigenvalue weighted by atomic mass is 9.94. The largest absolute Gasteiger partial charge is 0.411 e. The molecular formula is C11H15NO2. The topological polar surface area (TPSA) is 52.8 Å². The molecule has 0 aliphatic rings. The molecule has 0 saturated heterocycles. The molecule has 3 nitrogen and oxygen atoms in total. The average molecular weight is 193 g/mol. The quantitative estimate of drug-likeness (QED) is 0.428. The van der Waals surface area contributed by atoms with Crippen molar-refractivity contribution in [3.05, 3.63) is 33.9 Å². The van der Waals surface area contributed by atoms with Gasteiger partial charge < -0.3 is 10.3 Å². The zero-order valence-electron chi connectivity index (χ0n) is 8.70. The Bertz CT molecular complexity index is 370. The van der Waals surface area contributed by atoms with E-state index in [1.807, 2.05) is 26.8 Å². The Kier molecular flexibility index (Phi) is 3.25. The molecule has 0 unspecified atom stereocenters. The van der Waals surface area contributed by atoms with Gasteiger partial charge in [0.05, 0.1) is 12.8 Å². The highest BCUT2D eigenvalue weighted by Gasteiger charge is 2.08. The van der Waals surface area contributed by atoms with Crippen molar-refractivity contribution >= 4 is 6.21 Å². The Morgan fingerprint density at radius 3 is 2.43 bits per heavy atom. The van der Waals surface area contributed by atoms with Crippen molar-refractivity contribution in [3.63, 3.8) is 0 Å². The fourth-order valence-electron chi connectivity index (χ4n) is 1.74. The van der Waals surface area contributed by atoms with Crippen LogP contribution in [-0.4, -0.2) is 16.5 Å². The number of aliphatic hydroxyl groups is 1. The van der Waals surface area contributed by atoms with Gasteiger partial charge in [-0.1, -0.05) is 11.2 Å². The summed E-state index contributed by atoms with van der Waals surface area (Å²) in [7, 11) is 0. The van der Waals surface area contributed by atoms with Crippen LogP contribution >= 0.6 is 0 Å². The van der Waals surface area contributed by atoms with Crippen molar-refractivity contribution < 1.29 is 10.3 Å². The van der Waals surface area contributed by atoms with Crippen molar-refractivity contribution in [3.8, 4) is 0 Å². The summed E-state index contributed by atoms with van der Waals surface area (Å²) in [4.78, 5) is 0. The third-order valence-electron chi connectivity index (χ3n) is 2.54. The van der Waals surface area contributed by atoms with Gasteiger partial charge in [-0.15, -0.1) is 0 Å². The number of aryl methyl sites for hydroxylation is 2. The highest BCUT2D eigenvalue weighted by molar-refractivity contribution is 5.84. The van der Waals surface area contributed by atoms with Gasteiger partial charge in [0.15, 0.2) is 0 Å². The molecule has 0 atom stereocenters. The molecule has 0 heterocycles. The molecule has 0 saturated carbocycles. The molecule has 0 aliphatic heterocycles. The lowest BCUT2D eigenvalue weighted by Gasteiger charge is -2.12. The van der Waals surface area contributed by atoms with Gasteiger partial charge in [-0.2, -0.15) is 0 Å². The summed E-state index contributed by atoms with van der Waals surface area (Å²) in [6.07, 6.45) is 1.41. The minimum absolute atomic E-state index is 0.0181. The van der Waals surface area contributed by atoms with E-state index in [2.05, 4.69) is 5.16 Å². The minimum atomic E-state index is 0.0181. The van der Waals surface area contributed by atoms with Crippen molar-refractivity contribution in [2.75, 3.05) is 0 Å². The van der Waals surface area contributed by atoms with Crippen LogP contribution in [0, 0.1) is 20.8 Å². The summed E-state index contributed by atoms with van der Waals surface area (Å²) < 4.78 is 0. The molecule has 1 aromatic carbocycles. The number of rotatable bonds is 2. The Morgan fingerprint density at radius 1 is 1.29 bits per heavy atom. The number of hydrogen-bond acceptors (Lipinski definition) is 3.